The van der Waals surface area contributed by atoms with Gasteiger partial charge in [-0.05, 0) is 37.8 Å². The van der Waals surface area contributed by atoms with E-state index in [4.69, 9.17) is 4.42 Å². The van der Waals surface area contributed by atoms with E-state index in [1.807, 2.05) is 19.1 Å². The molecule has 142 valence electrons. The van der Waals surface area contributed by atoms with Gasteiger partial charge in [-0.3, -0.25) is 9.59 Å². The van der Waals surface area contributed by atoms with Crippen LogP contribution in [0.1, 0.15) is 41.8 Å². The van der Waals surface area contributed by atoms with Gasteiger partial charge in [0.15, 0.2) is 0 Å². The zero-order valence-electron chi connectivity index (χ0n) is 15.3. The van der Waals surface area contributed by atoms with Gasteiger partial charge in [0.05, 0.1) is 6.54 Å². The van der Waals surface area contributed by atoms with Gasteiger partial charge in [-0.2, -0.15) is 9.50 Å². The molecule has 3 aromatic rings. The summed E-state index contributed by atoms with van der Waals surface area (Å²) in [5.41, 5.74) is -0.267. The van der Waals surface area contributed by atoms with Crippen LogP contribution in [0.2, 0.25) is 0 Å². The van der Waals surface area contributed by atoms with Gasteiger partial charge >= 0.3 is 0 Å². The highest BCUT2D eigenvalue weighted by atomic mass is 32.1. The highest BCUT2D eigenvalue weighted by Crippen LogP contribution is 2.27. The number of fused-ring (bicyclic) bond motifs is 1. The Kier molecular flexibility index (Phi) is 4.69. The number of piperidine rings is 1. The number of amides is 1. The van der Waals surface area contributed by atoms with Crippen LogP contribution in [0.15, 0.2) is 27.4 Å². The average molecular weight is 387 g/mol. The number of anilines is 1. The van der Waals surface area contributed by atoms with Crippen LogP contribution in [0.5, 0.6) is 0 Å². The number of nitrogens with one attached hydrogen (secondary N) is 1. The zero-order chi connectivity index (χ0) is 19.0. The molecule has 0 aromatic carbocycles. The van der Waals surface area contributed by atoms with Gasteiger partial charge in [-0.15, -0.1) is 5.10 Å². The van der Waals surface area contributed by atoms with Crippen LogP contribution < -0.4 is 15.8 Å². The van der Waals surface area contributed by atoms with Crippen molar-refractivity contribution in [2.45, 2.75) is 33.2 Å². The van der Waals surface area contributed by atoms with Gasteiger partial charge in [0, 0.05) is 19.2 Å². The fourth-order valence-electron chi connectivity index (χ4n) is 3.30. The molecule has 1 saturated heterocycles. The minimum Gasteiger partial charge on any atom is -0.465 e. The molecular weight excluding hydrogens is 366 g/mol. The lowest BCUT2D eigenvalue weighted by molar-refractivity contribution is 0.0940. The van der Waals surface area contributed by atoms with Crippen molar-refractivity contribution in [2.75, 3.05) is 18.0 Å². The van der Waals surface area contributed by atoms with Gasteiger partial charge in [0.1, 0.15) is 17.2 Å². The molecule has 1 aliphatic rings. The Morgan fingerprint density at radius 1 is 1.44 bits per heavy atom. The molecule has 1 amide bonds. The second-order valence-electron chi connectivity index (χ2n) is 6.95. The first-order valence-electron chi connectivity index (χ1n) is 8.99. The predicted molar refractivity (Wildman–Crippen MR) is 102 cm³/mol. The van der Waals surface area contributed by atoms with Gasteiger partial charge in [0.2, 0.25) is 10.1 Å². The van der Waals surface area contributed by atoms with Crippen molar-refractivity contribution in [3.8, 4) is 0 Å². The summed E-state index contributed by atoms with van der Waals surface area (Å²) in [5, 5.41) is 8.13. The molecule has 1 fully saturated rings. The minimum atomic E-state index is -0.448. The standard InChI is InChI=1S/C18H21N5O3S/c1-11-4-3-7-22(10-11)18-21-23-14(8-15(24)20-17(23)27-18)16(25)19-9-13-6-5-12(2)26-13/h5-6,8,11H,3-4,7,9-10H2,1-2H3,(H,19,25). The maximum absolute atomic E-state index is 12.6. The molecule has 0 spiro atoms. The third-order valence-corrected chi connectivity index (χ3v) is 5.59. The van der Waals surface area contributed by atoms with Crippen molar-refractivity contribution in [3.05, 3.63) is 45.8 Å². The first-order chi connectivity index (χ1) is 13.0. The van der Waals surface area contributed by atoms with Crippen molar-refractivity contribution in [1.82, 2.24) is 19.9 Å². The summed E-state index contributed by atoms with van der Waals surface area (Å²) in [4.78, 5) is 31.2. The van der Waals surface area contributed by atoms with Crippen molar-refractivity contribution in [1.29, 1.82) is 0 Å². The number of furan rings is 1. The smallest absolute Gasteiger partial charge is 0.274 e. The monoisotopic (exact) mass is 387 g/mol. The lowest BCUT2D eigenvalue weighted by Crippen LogP contribution is -2.34. The number of hydrogen-bond donors (Lipinski definition) is 1. The van der Waals surface area contributed by atoms with Crippen molar-refractivity contribution in [3.63, 3.8) is 0 Å². The molecule has 0 radical (unpaired) electrons. The van der Waals surface area contributed by atoms with Crippen molar-refractivity contribution < 1.29 is 9.21 Å². The summed E-state index contributed by atoms with van der Waals surface area (Å²) in [6.07, 6.45) is 2.31. The molecule has 27 heavy (non-hydrogen) atoms. The summed E-state index contributed by atoms with van der Waals surface area (Å²) in [6, 6.07) is 4.86. The molecule has 0 saturated carbocycles. The molecule has 4 heterocycles. The molecule has 1 unspecified atom stereocenters. The van der Waals surface area contributed by atoms with Gasteiger partial charge in [0.25, 0.3) is 11.5 Å². The lowest BCUT2D eigenvalue weighted by Gasteiger charge is -2.30. The zero-order valence-corrected chi connectivity index (χ0v) is 16.1. The molecule has 1 N–H and O–H groups in total. The summed E-state index contributed by atoms with van der Waals surface area (Å²) in [5.74, 6) is 1.64. The molecular formula is C18H21N5O3S. The summed E-state index contributed by atoms with van der Waals surface area (Å²) >= 11 is 1.34. The van der Waals surface area contributed by atoms with Crippen LogP contribution in [-0.4, -0.2) is 33.6 Å². The molecule has 0 bridgehead atoms. The normalized spacial score (nSPS) is 17.4. The number of aryl methyl sites for hydroxylation is 1. The van der Waals surface area contributed by atoms with Crippen LogP contribution in [0.25, 0.3) is 4.96 Å². The number of rotatable bonds is 4. The van der Waals surface area contributed by atoms with Gasteiger partial charge < -0.3 is 14.6 Å². The summed E-state index contributed by atoms with van der Waals surface area (Å²) in [7, 11) is 0. The van der Waals surface area contributed by atoms with Crippen LogP contribution in [0, 0.1) is 12.8 Å². The number of nitrogens with zero attached hydrogens (tertiary/aromatic N) is 4. The largest absolute Gasteiger partial charge is 0.465 e. The molecule has 4 rings (SSSR count). The average Bonchev–Trinajstić information content (AvgIpc) is 3.25. The molecule has 9 heteroatoms. The lowest BCUT2D eigenvalue weighted by atomic mass is 10.0. The fourth-order valence-corrected chi connectivity index (χ4v) is 4.24. The topological polar surface area (TPSA) is 92.7 Å². The van der Waals surface area contributed by atoms with E-state index >= 15 is 0 Å². The number of carbonyl (C=O) groups excluding carboxylic acids is 1. The molecule has 1 atom stereocenters. The molecule has 3 aromatic heterocycles. The van der Waals surface area contributed by atoms with E-state index in [-0.39, 0.29) is 18.1 Å². The Bertz CT molecular complexity index is 1040. The van der Waals surface area contributed by atoms with Crippen molar-refractivity contribution >= 4 is 27.3 Å². The molecule has 1 aliphatic heterocycles. The third kappa shape index (κ3) is 3.73. The van der Waals surface area contributed by atoms with Crippen LogP contribution in [0.3, 0.4) is 0 Å². The Hall–Kier alpha value is -2.68. The maximum atomic E-state index is 12.6. The van der Waals surface area contributed by atoms with Gasteiger partial charge in [-0.25, -0.2) is 0 Å². The summed E-state index contributed by atoms with van der Waals surface area (Å²) < 4.78 is 6.92. The summed E-state index contributed by atoms with van der Waals surface area (Å²) in [6.45, 7) is 6.15. The molecule has 0 aliphatic carbocycles. The van der Waals surface area contributed by atoms with Crippen LogP contribution in [-0.2, 0) is 6.54 Å². The highest BCUT2D eigenvalue weighted by Gasteiger charge is 2.22. The first-order valence-corrected chi connectivity index (χ1v) is 9.80. The number of hydrogen-bond acceptors (Lipinski definition) is 7. The molecule has 8 nitrogen and oxygen atoms in total. The van der Waals surface area contributed by atoms with E-state index in [1.54, 1.807) is 0 Å². The van der Waals surface area contributed by atoms with E-state index in [0.29, 0.717) is 16.6 Å². The van der Waals surface area contributed by atoms with Crippen molar-refractivity contribution in [2.24, 2.45) is 5.92 Å². The van der Waals surface area contributed by atoms with Crippen LogP contribution >= 0.6 is 11.3 Å². The number of aromatic nitrogens is 3. The van der Waals surface area contributed by atoms with E-state index < -0.39 is 5.56 Å². The minimum absolute atomic E-state index is 0.181. The predicted octanol–water partition coefficient (Wildman–Crippen LogP) is 2.22. The number of carbonyl (C=O) groups is 1. The fraction of sp³-hybridized carbons (Fsp3) is 0.444. The highest BCUT2D eigenvalue weighted by molar-refractivity contribution is 7.20. The van der Waals surface area contributed by atoms with E-state index in [9.17, 15) is 9.59 Å². The Balaban J connectivity index is 1.61. The maximum Gasteiger partial charge on any atom is 0.274 e. The second kappa shape index (κ2) is 7.15. The Labute approximate surface area is 159 Å². The Morgan fingerprint density at radius 2 is 2.30 bits per heavy atom. The second-order valence-corrected chi connectivity index (χ2v) is 7.88. The Morgan fingerprint density at radius 3 is 3.04 bits per heavy atom. The van der Waals surface area contributed by atoms with E-state index in [1.165, 1.54) is 28.3 Å². The van der Waals surface area contributed by atoms with Crippen LogP contribution in [0.4, 0.5) is 5.13 Å². The quantitative estimate of drug-likeness (QED) is 0.738. The SMILES string of the molecule is Cc1ccc(CNC(=O)c2cc(=O)nc3sc(N4CCCC(C)C4)nn23)o1. The van der Waals surface area contributed by atoms with Gasteiger partial charge in [-0.1, -0.05) is 18.3 Å². The third-order valence-electron chi connectivity index (χ3n) is 4.62. The van der Waals surface area contributed by atoms with E-state index in [2.05, 4.69) is 27.2 Å². The van der Waals surface area contributed by atoms with E-state index in [0.717, 1.165) is 30.4 Å². The first kappa shape index (κ1) is 17.7.